The fraction of sp³-hybridized carbons (Fsp3) is 0.222. The Morgan fingerprint density at radius 2 is 2.08 bits per heavy atom. The third kappa shape index (κ3) is 2.67. The van der Waals surface area contributed by atoms with E-state index in [-0.39, 0.29) is 11.9 Å². The van der Waals surface area contributed by atoms with E-state index in [0.717, 1.165) is 25.1 Å². The highest BCUT2D eigenvalue weighted by molar-refractivity contribution is 5.95. The van der Waals surface area contributed by atoms with E-state index >= 15 is 0 Å². The maximum absolute atomic E-state index is 13.0. The van der Waals surface area contributed by atoms with Crippen LogP contribution in [0.2, 0.25) is 0 Å². The molecule has 1 aliphatic rings. The Morgan fingerprint density at radius 1 is 1.12 bits per heavy atom. The largest absolute Gasteiger partial charge is 0.330 e. The number of likely N-dealkylation sites (tertiary alicyclic amines) is 1. The van der Waals surface area contributed by atoms with Crippen LogP contribution < -0.4 is 0 Å². The summed E-state index contributed by atoms with van der Waals surface area (Å²) in [7, 11) is 0. The second kappa shape index (κ2) is 6.23. The van der Waals surface area contributed by atoms with Crippen LogP contribution in [-0.2, 0) is 0 Å². The summed E-state index contributed by atoms with van der Waals surface area (Å²) in [6, 6.07) is 9.45. The molecule has 4 heterocycles. The summed E-state index contributed by atoms with van der Waals surface area (Å²) < 4.78 is 1.79. The van der Waals surface area contributed by atoms with Crippen molar-refractivity contribution in [1.82, 2.24) is 24.4 Å². The smallest absolute Gasteiger partial charge is 0.254 e. The Labute approximate surface area is 139 Å². The minimum atomic E-state index is 0.0203. The van der Waals surface area contributed by atoms with Gasteiger partial charge in [0.15, 0.2) is 0 Å². The lowest BCUT2D eigenvalue weighted by Crippen LogP contribution is -2.31. The molecule has 0 bridgehead atoms. The summed E-state index contributed by atoms with van der Waals surface area (Å²) in [5.41, 5.74) is 1.59. The third-order valence-electron chi connectivity index (χ3n) is 4.30. The Bertz CT molecular complexity index is 832. The Balaban J connectivity index is 1.62. The van der Waals surface area contributed by atoms with Crippen molar-refractivity contribution in [3.63, 3.8) is 0 Å². The predicted molar refractivity (Wildman–Crippen MR) is 88.6 cm³/mol. The number of hydrogen-bond donors (Lipinski definition) is 0. The van der Waals surface area contributed by atoms with Gasteiger partial charge < -0.3 is 4.90 Å². The molecule has 6 heteroatoms. The number of carbonyl (C=O) groups is 1. The summed E-state index contributed by atoms with van der Waals surface area (Å²) in [5, 5.41) is 0. The van der Waals surface area contributed by atoms with Gasteiger partial charge in [-0.25, -0.2) is 9.97 Å². The molecule has 24 heavy (non-hydrogen) atoms. The van der Waals surface area contributed by atoms with Gasteiger partial charge in [0.2, 0.25) is 0 Å². The fourth-order valence-electron chi connectivity index (χ4n) is 3.14. The highest BCUT2D eigenvalue weighted by Crippen LogP contribution is 2.31. The van der Waals surface area contributed by atoms with Gasteiger partial charge in [-0.1, -0.05) is 6.07 Å². The van der Waals surface area contributed by atoms with Crippen LogP contribution in [0.25, 0.3) is 5.82 Å². The van der Waals surface area contributed by atoms with E-state index in [1.165, 1.54) is 0 Å². The van der Waals surface area contributed by atoms with Crippen molar-refractivity contribution in [3.05, 3.63) is 72.7 Å². The molecule has 0 radical (unpaired) electrons. The Morgan fingerprint density at radius 3 is 2.88 bits per heavy atom. The molecule has 1 saturated heterocycles. The lowest BCUT2D eigenvalue weighted by molar-refractivity contribution is 0.0732. The molecule has 0 saturated carbocycles. The van der Waals surface area contributed by atoms with Crippen molar-refractivity contribution < 1.29 is 4.79 Å². The maximum atomic E-state index is 13.0. The summed E-state index contributed by atoms with van der Waals surface area (Å²) >= 11 is 0. The van der Waals surface area contributed by atoms with Gasteiger partial charge in [-0.05, 0) is 37.1 Å². The molecular weight excluding hydrogens is 302 g/mol. The van der Waals surface area contributed by atoms with Gasteiger partial charge in [0.05, 0.1) is 11.7 Å². The van der Waals surface area contributed by atoms with Crippen molar-refractivity contribution in [2.75, 3.05) is 6.54 Å². The summed E-state index contributed by atoms with van der Waals surface area (Å²) in [4.78, 5) is 27.7. The zero-order valence-electron chi connectivity index (χ0n) is 13.1. The molecule has 1 amide bonds. The van der Waals surface area contributed by atoms with Crippen LogP contribution in [0.1, 0.15) is 34.9 Å². The van der Waals surface area contributed by atoms with Gasteiger partial charge in [0, 0.05) is 36.9 Å². The van der Waals surface area contributed by atoms with E-state index in [4.69, 9.17) is 0 Å². The Kier molecular flexibility index (Phi) is 3.78. The van der Waals surface area contributed by atoms with E-state index in [1.54, 1.807) is 41.6 Å². The number of carbonyl (C=O) groups excluding carboxylic acids is 1. The molecule has 1 atom stereocenters. The Hall–Kier alpha value is -3.02. The average molecular weight is 319 g/mol. The van der Waals surface area contributed by atoms with Crippen molar-refractivity contribution in [1.29, 1.82) is 0 Å². The third-order valence-corrected chi connectivity index (χ3v) is 4.30. The molecule has 3 aromatic heterocycles. The first-order valence-corrected chi connectivity index (χ1v) is 7.99. The number of nitrogens with zero attached hydrogens (tertiary/aromatic N) is 5. The lowest BCUT2D eigenvalue weighted by Gasteiger charge is -2.24. The first-order valence-electron chi connectivity index (χ1n) is 7.99. The number of amides is 1. The van der Waals surface area contributed by atoms with Gasteiger partial charge in [-0.2, -0.15) is 0 Å². The molecule has 0 spiro atoms. The standard InChI is InChI=1S/C18H17N5O/c24-18(14-6-8-21-17(12-14)22-11-9-19-13-22)23-10-3-5-16(23)15-4-1-2-7-20-15/h1-2,4,6-9,11-13,16H,3,5,10H2/t16-/m1/s1. The van der Waals surface area contributed by atoms with E-state index < -0.39 is 0 Å². The van der Waals surface area contributed by atoms with Crippen molar-refractivity contribution in [2.45, 2.75) is 18.9 Å². The highest BCUT2D eigenvalue weighted by Gasteiger charge is 2.31. The minimum absolute atomic E-state index is 0.0203. The van der Waals surface area contributed by atoms with E-state index in [0.29, 0.717) is 11.4 Å². The number of hydrogen-bond acceptors (Lipinski definition) is 4. The van der Waals surface area contributed by atoms with Crippen LogP contribution in [0.3, 0.4) is 0 Å². The summed E-state index contributed by atoms with van der Waals surface area (Å²) in [6.45, 7) is 0.753. The van der Waals surface area contributed by atoms with Crippen LogP contribution in [0.15, 0.2) is 61.4 Å². The van der Waals surface area contributed by atoms with Gasteiger partial charge >= 0.3 is 0 Å². The van der Waals surface area contributed by atoms with Gasteiger partial charge in [0.1, 0.15) is 12.1 Å². The maximum Gasteiger partial charge on any atom is 0.254 e. The van der Waals surface area contributed by atoms with E-state index in [9.17, 15) is 4.79 Å². The minimum Gasteiger partial charge on any atom is -0.330 e. The molecule has 0 N–H and O–H groups in total. The molecule has 1 aliphatic heterocycles. The van der Waals surface area contributed by atoms with Crippen molar-refractivity contribution in [3.8, 4) is 5.82 Å². The molecule has 1 fully saturated rings. The molecule has 0 aliphatic carbocycles. The molecule has 0 aromatic carbocycles. The summed E-state index contributed by atoms with van der Waals surface area (Å²) in [6.07, 6.45) is 10.5. The highest BCUT2D eigenvalue weighted by atomic mass is 16.2. The normalized spacial score (nSPS) is 17.2. The second-order valence-corrected chi connectivity index (χ2v) is 5.78. The molecule has 6 nitrogen and oxygen atoms in total. The van der Waals surface area contributed by atoms with Crippen LogP contribution in [0, 0.1) is 0 Å². The van der Waals surface area contributed by atoms with Crippen molar-refractivity contribution >= 4 is 5.91 Å². The lowest BCUT2D eigenvalue weighted by atomic mass is 10.1. The topological polar surface area (TPSA) is 63.9 Å². The predicted octanol–water partition coefficient (Wildman–Crippen LogP) is 2.64. The van der Waals surface area contributed by atoms with Crippen LogP contribution >= 0.6 is 0 Å². The molecular formula is C18H17N5O. The van der Waals surface area contributed by atoms with E-state index in [1.807, 2.05) is 29.3 Å². The zero-order chi connectivity index (χ0) is 16.4. The fourth-order valence-corrected chi connectivity index (χ4v) is 3.14. The number of aromatic nitrogens is 4. The van der Waals surface area contributed by atoms with Gasteiger partial charge in [-0.15, -0.1) is 0 Å². The van der Waals surface area contributed by atoms with Crippen LogP contribution in [0.5, 0.6) is 0 Å². The van der Waals surface area contributed by atoms with Gasteiger partial charge in [0.25, 0.3) is 5.91 Å². The molecule has 0 unspecified atom stereocenters. The first kappa shape index (κ1) is 14.6. The molecule has 4 rings (SSSR count). The zero-order valence-corrected chi connectivity index (χ0v) is 13.1. The molecule has 120 valence electrons. The second-order valence-electron chi connectivity index (χ2n) is 5.78. The first-order chi connectivity index (χ1) is 11.8. The number of imidazole rings is 1. The number of rotatable bonds is 3. The molecule has 3 aromatic rings. The van der Waals surface area contributed by atoms with E-state index in [2.05, 4.69) is 15.0 Å². The quantitative estimate of drug-likeness (QED) is 0.744. The van der Waals surface area contributed by atoms with Crippen LogP contribution in [0.4, 0.5) is 0 Å². The van der Waals surface area contributed by atoms with Crippen molar-refractivity contribution in [2.24, 2.45) is 0 Å². The number of pyridine rings is 2. The SMILES string of the molecule is O=C(c1ccnc(-n2ccnc2)c1)N1CCC[C@@H]1c1ccccn1. The monoisotopic (exact) mass is 319 g/mol. The van der Waals surface area contributed by atoms with Gasteiger partial charge in [-0.3, -0.25) is 14.3 Å². The van der Waals surface area contributed by atoms with Crippen LogP contribution in [-0.4, -0.2) is 36.9 Å². The summed E-state index contributed by atoms with van der Waals surface area (Å²) in [5.74, 6) is 0.707. The average Bonchev–Trinajstić information content (AvgIpc) is 3.34.